The summed E-state index contributed by atoms with van der Waals surface area (Å²) < 4.78 is 61.3. The van der Waals surface area contributed by atoms with E-state index in [0.717, 1.165) is 12.1 Å². The molecule has 0 radical (unpaired) electrons. The van der Waals surface area contributed by atoms with Gasteiger partial charge in [0.2, 0.25) is 5.78 Å². The molecule has 7 heteroatoms. The third-order valence-corrected chi connectivity index (χ3v) is 2.28. The SMILES string of the molecule is O=C(c1ccc(Br)cc1)C(F)(F)C(F)(F)F. The largest absolute Gasteiger partial charge is 0.461 e. The molecule has 88 valence electrons. The molecule has 0 aliphatic heterocycles. The third kappa shape index (κ3) is 2.40. The van der Waals surface area contributed by atoms with Gasteiger partial charge in [-0.1, -0.05) is 28.1 Å². The van der Waals surface area contributed by atoms with Gasteiger partial charge in [0.15, 0.2) is 0 Å². The van der Waals surface area contributed by atoms with Crippen molar-refractivity contribution in [1.29, 1.82) is 0 Å². The molecule has 0 aliphatic carbocycles. The fourth-order valence-corrected chi connectivity index (χ4v) is 1.18. The van der Waals surface area contributed by atoms with Crippen molar-refractivity contribution in [3.63, 3.8) is 0 Å². The first-order valence-electron chi connectivity index (χ1n) is 3.91. The van der Waals surface area contributed by atoms with E-state index in [2.05, 4.69) is 15.9 Å². The number of carbonyl (C=O) groups excluding carboxylic acids is 1. The normalized spacial score (nSPS) is 12.6. The Kier molecular flexibility index (Phi) is 3.37. The second kappa shape index (κ2) is 4.12. The molecular weight excluding hydrogens is 299 g/mol. The molecule has 0 spiro atoms. The van der Waals surface area contributed by atoms with Gasteiger partial charge in [-0.05, 0) is 12.1 Å². The van der Waals surface area contributed by atoms with Crippen LogP contribution in [0.5, 0.6) is 0 Å². The minimum absolute atomic E-state index is 0.472. The van der Waals surface area contributed by atoms with Crippen molar-refractivity contribution in [3.8, 4) is 0 Å². The van der Waals surface area contributed by atoms with Gasteiger partial charge in [-0.15, -0.1) is 0 Å². The third-order valence-electron chi connectivity index (χ3n) is 1.75. The number of carbonyl (C=O) groups is 1. The highest BCUT2D eigenvalue weighted by atomic mass is 79.9. The summed E-state index contributed by atoms with van der Waals surface area (Å²) >= 11 is 2.96. The highest BCUT2D eigenvalue weighted by Crippen LogP contribution is 2.38. The van der Waals surface area contributed by atoms with Gasteiger partial charge in [0.1, 0.15) is 0 Å². The van der Waals surface area contributed by atoms with Gasteiger partial charge in [-0.25, -0.2) is 0 Å². The summed E-state index contributed by atoms with van der Waals surface area (Å²) in [6.07, 6.45) is -5.88. The number of Topliss-reactive ketones (excluding diaryl/α,β-unsaturated/α-hetero) is 1. The van der Waals surface area contributed by atoms with Gasteiger partial charge < -0.3 is 0 Å². The molecule has 1 nitrogen and oxygen atoms in total. The average molecular weight is 303 g/mol. The maximum Gasteiger partial charge on any atom is 0.461 e. The van der Waals surface area contributed by atoms with Crippen molar-refractivity contribution < 1.29 is 26.7 Å². The second-order valence-electron chi connectivity index (χ2n) is 2.91. The Balaban J connectivity index is 3.07. The molecule has 0 saturated heterocycles. The van der Waals surface area contributed by atoms with Crippen molar-refractivity contribution in [2.75, 3.05) is 0 Å². The van der Waals surface area contributed by atoms with Crippen molar-refractivity contribution in [1.82, 2.24) is 0 Å². The van der Waals surface area contributed by atoms with E-state index in [-0.39, 0.29) is 0 Å². The average Bonchev–Trinajstić information content (AvgIpc) is 2.16. The predicted octanol–water partition coefficient (Wildman–Crippen LogP) is 3.83. The van der Waals surface area contributed by atoms with Crippen LogP contribution in [0.2, 0.25) is 0 Å². The molecule has 1 rings (SSSR count). The van der Waals surface area contributed by atoms with Crippen LogP contribution in [0, 0.1) is 0 Å². The van der Waals surface area contributed by atoms with Crippen molar-refractivity contribution in [2.24, 2.45) is 0 Å². The van der Waals surface area contributed by atoms with Gasteiger partial charge in [0.05, 0.1) is 0 Å². The molecule has 0 bridgehead atoms. The number of halogens is 6. The number of hydrogen-bond acceptors (Lipinski definition) is 1. The number of alkyl halides is 5. The zero-order chi connectivity index (χ0) is 12.6. The number of benzene rings is 1. The molecule has 0 amide bonds. The first-order chi connectivity index (χ1) is 7.16. The summed E-state index contributed by atoms with van der Waals surface area (Å²) in [5.74, 6) is -7.62. The highest BCUT2D eigenvalue weighted by molar-refractivity contribution is 9.10. The van der Waals surface area contributed by atoms with E-state index in [1.807, 2.05) is 0 Å². The van der Waals surface area contributed by atoms with Crippen LogP contribution in [-0.4, -0.2) is 17.9 Å². The maximum atomic E-state index is 12.6. The first-order valence-corrected chi connectivity index (χ1v) is 4.70. The molecule has 16 heavy (non-hydrogen) atoms. The Morgan fingerprint density at radius 3 is 1.81 bits per heavy atom. The lowest BCUT2D eigenvalue weighted by Gasteiger charge is -2.17. The molecule has 0 aromatic heterocycles. The summed E-state index contributed by atoms with van der Waals surface area (Å²) in [5, 5.41) is 0. The van der Waals surface area contributed by atoms with Crippen LogP contribution in [0.25, 0.3) is 0 Å². The maximum absolute atomic E-state index is 12.6. The van der Waals surface area contributed by atoms with Gasteiger partial charge in [-0.3, -0.25) is 4.79 Å². The minimum Gasteiger partial charge on any atom is -0.287 e. The Morgan fingerprint density at radius 2 is 1.44 bits per heavy atom. The van der Waals surface area contributed by atoms with Crippen LogP contribution in [0.15, 0.2) is 28.7 Å². The van der Waals surface area contributed by atoms with Crippen LogP contribution in [0.3, 0.4) is 0 Å². The Labute approximate surface area is 95.4 Å². The molecule has 0 fully saturated rings. The smallest absolute Gasteiger partial charge is 0.287 e. The molecule has 0 heterocycles. The molecule has 1 aromatic rings. The van der Waals surface area contributed by atoms with E-state index in [4.69, 9.17) is 0 Å². The van der Waals surface area contributed by atoms with E-state index >= 15 is 0 Å². The lowest BCUT2D eigenvalue weighted by molar-refractivity contribution is -0.255. The second-order valence-corrected chi connectivity index (χ2v) is 3.82. The highest BCUT2D eigenvalue weighted by Gasteiger charge is 2.63. The Bertz CT molecular complexity index is 395. The van der Waals surface area contributed by atoms with Gasteiger partial charge in [0.25, 0.3) is 0 Å². The zero-order valence-electron chi connectivity index (χ0n) is 7.49. The number of hydrogen-bond donors (Lipinski definition) is 0. The Morgan fingerprint density at radius 1 is 1.00 bits per heavy atom. The van der Waals surface area contributed by atoms with E-state index in [1.54, 1.807) is 0 Å². The molecular formula is C9H4BrF5O. The van der Waals surface area contributed by atoms with Crippen molar-refractivity contribution in [3.05, 3.63) is 34.3 Å². The van der Waals surface area contributed by atoms with Crippen LogP contribution < -0.4 is 0 Å². The Hall–Kier alpha value is -0.980. The van der Waals surface area contributed by atoms with Crippen LogP contribution in [0.1, 0.15) is 10.4 Å². The zero-order valence-corrected chi connectivity index (χ0v) is 9.07. The molecule has 0 saturated carbocycles. The molecule has 0 aliphatic rings. The monoisotopic (exact) mass is 302 g/mol. The fourth-order valence-electron chi connectivity index (χ4n) is 0.911. The first kappa shape index (κ1) is 13.1. The van der Waals surface area contributed by atoms with Crippen LogP contribution >= 0.6 is 15.9 Å². The van der Waals surface area contributed by atoms with E-state index in [1.165, 1.54) is 12.1 Å². The van der Waals surface area contributed by atoms with Gasteiger partial charge >= 0.3 is 12.1 Å². The minimum atomic E-state index is -5.88. The van der Waals surface area contributed by atoms with Crippen LogP contribution in [-0.2, 0) is 0 Å². The summed E-state index contributed by atoms with van der Waals surface area (Å²) in [6, 6.07) is 4.21. The van der Waals surface area contributed by atoms with Crippen LogP contribution in [0.4, 0.5) is 22.0 Å². The lowest BCUT2D eigenvalue weighted by atomic mass is 10.1. The summed E-state index contributed by atoms with van der Waals surface area (Å²) in [6.45, 7) is 0. The van der Waals surface area contributed by atoms with Gasteiger partial charge in [0, 0.05) is 10.0 Å². The topological polar surface area (TPSA) is 17.1 Å². The molecule has 0 atom stereocenters. The molecule has 0 unspecified atom stereocenters. The summed E-state index contributed by atoms with van der Waals surface area (Å²) in [5.41, 5.74) is -0.689. The van der Waals surface area contributed by atoms with Gasteiger partial charge in [-0.2, -0.15) is 22.0 Å². The fraction of sp³-hybridized carbons (Fsp3) is 0.222. The number of rotatable bonds is 2. The predicted molar refractivity (Wildman–Crippen MR) is 49.5 cm³/mol. The summed E-state index contributed by atoms with van der Waals surface area (Å²) in [4.78, 5) is 10.9. The lowest BCUT2D eigenvalue weighted by Crippen LogP contribution is -2.44. The molecule has 1 aromatic carbocycles. The van der Waals surface area contributed by atoms with E-state index in [9.17, 15) is 26.7 Å². The van der Waals surface area contributed by atoms with Crippen molar-refractivity contribution >= 4 is 21.7 Å². The standard InChI is InChI=1S/C9H4BrF5O/c10-6-3-1-5(2-4-6)7(16)8(11,12)9(13,14)15/h1-4H. The number of ketones is 1. The van der Waals surface area contributed by atoms with E-state index in [0.29, 0.717) is 4.47 Å². The quantitative estimate of drug-likeness (QED) is 0.599. The van der Waals surface area contributed by atoms with Crippen molar-refractivity contribution in [2.45, 2.75) is 12.1 Å². The summed E-state index contributed by atoms with van der Waals surface area (Å²) in [7, 11) is 0. The molecule has 0 N–H and O–H groups in total. The van der Waals surface area contributed by atoms with E-state index < -0.39 is 23.4 Å².